The first-order valence-electron chi connectivity index (χ1n) is 8.45. The fourth-order valence-corrected chi connectivity index (χ4v) is 6.03. The summed E-state index contributed by atoms with van der Waals surface area (Å²) in [5.41, 5.74) is 0.992. The number of aliphatic hydroxyl groups is 1. The third-order valence-electron chi connectivity index (χ3n) is 6.98. The van der Waals surface area contributed by atoms with Crippen molar-refractivity contribution in [2.45, 2.75) is 58.0 Å². The molecule has 0 radical (unpaired) electrons. The highest BCUT2D eigenvalue weighted by atomic mass is 16.3. The third kappa shape index (κ3) is 1.82. The second kappa shape index (κ2) is 4.52. The number of hydrogen-bond donors (Lipinski definition) is 1. The largest absolute Gasteiger partial charge is 0.393 e. The van der Waals surface area contributed by atoms with Crippen LogP contribution in [0.25, 0.3) is 0 Å². The summed E-state index contributed by atoms with van der Waals surface area (Å²) in [6.07, 6.45) is 7.39. The minimum absolute atomic E-state index is 0.255. The normalized spacial score (nSPS) is 49.2. The molecule has 4 aliphatic rings. The summed E-state index contributed by atoms with van der Waals surface area (Å²) in [4.78, 5) is 24.0. The minimum Gasteiger partial charge on any atom is -0.393 e. The lowest BCUT2D eigenvalue weighted by atomic mass is 9.51. The van der Waals surface area contributed by atoms with E-state index in [1.807, 2.05) is 6.08 Å². The molecule has 0 aromatic heterocycles. The number of Topliss-reactive ketones (excluding diaryl/α,β-unsaturated/α-hetero) is 1. The van der Waals surface area contributed by atoms with E-state index >= 15 is 0 Å². The van der Waals surface area contributed by atoms with Gasteiger partial charge in [-0.2, -0.15) is 0 Å². The van der Waals surface area contributed by atoms with Crippen LogP contribution in [0.3, 0.4) is 0 Å². The predicted octanol–water partition coefficient (Wildman–Crippen LogP) is 2.67. The van der Waals surface area contributed by atoms with Gasteiger partial charge < -0.3 is 5.11 Å². The van der Waals surface area contributed by atoms with Crippen LogP contribution in [-0.2, 0) is 9.59 Å². The first kappa shape index (κ1) is 13.7. The van der Waals surface area contributed by atoms with Crippen LogP contribution in [0.5, 0.6) is 0 Å². The number of fused-ring (bicyclic) bond motifs is 5. The molecule has 114 valence electrons. The van der Waals surface area contributed by atoms with Gasteiger partial charge in [0.1, 0.15) is 5.78 Å². The highest BCUT2D eigenvalue weighted by Crippen LogP contribution is 2.60. The zero-order chi connectivity index (χ0) is 14.8. The average molecular weight is 288 g/mol. The maximum atomic E-state index is 12.3. The Morgan fingerprint density at radius 2 is 1.95 bits per heavy atom. The Kier molecular flexibility index (Phi) is 2.94. The van der Waals surface area contributed by atoms with Crippen molar-refractivity contribution >= 4 is 11.6 Å². The highest BCUT2D eigenvalue weighted by molar-refractivity contribution is 5.91. The standard InChI is InChI=1S/C18H24O3/c1-18-9-15(20)17-12-5-3-11(19)8-10(12)2-4-13(17)14(18)6-7-16(18)21/h8,12-15,17,20H,2-7,9H2,1H3/t12?,13?,14?,15-,17?,18+/m1/s1. The molecule has 0 heterocycles. The van der Waals surface area contributed by atoms with Gasteiger partial charge in [0.25, 0.3) is 0 Å². The van der Waals surface area contributed by atoms with Gasteiger partial charge in [0.2, 0.25) is 0 Å². The van der Waals surface area contributed by atoms with Crippen molar-refractivity contribution in [2.75, 3.05) is 0 Å². The number of hydrogen-bond acceptors (Lipinski definition) is 3. The monoisotopic (exact) mass is 288 g/mol. The summed E-state index contributed by atoms with van der Waals surface area (Å²) >= 11 is 0. The van der Waals surface area contributed by atoms with E-state index in [9.17, 15) is 14.7 Å². The van der Waals surface area contributed by atoms with Gasteiger partial charge in [0, 0.05) is 18.3 Å². The van der Waals surface area contributed by atoms with Crippen molar-refractivity contribution in [3.05, 3.63) is 11.6 Å². The number of carbonyl (C=O) groups excluding carboxylic acids is 2. The predicted molar refractivity (Wildman–Crippen MR) is 78.5 cm³/mol. The topological polar surface area (TPSA) is 54.4 Å². The lowest BCUT2D eigenvalue weighted by Crippen LogP contribution is -2.53. The molecule has 0 aromatic carbocycles. The van der Waals surface area contributed by atoms with Crippen LogP contribution in [-0.4, -0.2) is 22.8 Å². The van der Waals surface area contributed by atoms with Crippen LogP contribution < -0.4 is 0 Å². The number of aliphatic hydroxyl groups excluding tert-OH is 1. The van der Waals surface area contributed by atoms with Gasteiger partial charge in [-0.25, -0.2) is 0 Å². The third-order valence-corrected chi connectivity index (χ3v) is 6.98. The lowest BCUT2D eigenvalue weighted by molar-refractivity contribution is -0.140. The SMILES string of the molecule is C[C@]12C[C@@H](O)C3C4CCC(=O)C=C4CCC3C1CCC2=O. The number of ketones is 2. The van der Waals surface area contributed by atoms with Crippen LogP contribution in [0.4, 0.5) is 0 Å². The van der Waals surface area contributed by atoms with E-state index in [1.165, 1.54) is 5.57 Å². The van der Waals surface area contributed by atoms with Crippen molar-refractivity contribution in [2.24, 2.45) is 29.1 Å². The molecule has 0 aromatic rings. The van der Waals surface area contributed by atoms with Crippen molar-refractivity contribution in [3.63, 3.8) is 0 Å². The van der Waals surface area contributed by atoms with E-state index in [0.29, 0.717) is 42.8 Å². The molecule has 0 amide bonds. The Morgan fingerprint density at radius 3 is 2.76 bits per heavy atom. The molecular weight excluding hydrogens is 264 g/mol. The lowest BCUT2D eigenvalue weighted by Gasteiger charge is -2.54. The summed E-state index contributed by atoms with van der Waals surface area (Å²) in [6.45, 7) is 2.09. The molecule has 4 aliphatic carbocycles. The maximum absolute atomic E-state index is 12.3. The minimum atomic E-state index is -0.375. The van der Waals surface area contributed by atoms with E-state index in [0.717, 1.165) is 25.7 Å². The molecule has 3 heteroatoms. The molecule has 4 rings (SSSR count). The number of allylic oxidation sites excluding steroid dienone is 1. The van der Waals surface area contributed by atoms with Crippen molar-refractivity contribution < 1.29 is 14.7 Å². The first-order valence-corrected chi connectivity index (χ1v) is 8.45. The summed E-state index contributed by atoms with van der Waals surface area (Å²) in [6, 6.07) is 0. The van der Waals surface area contributed by atoms with Crippen molar-refractivity contribution in [1.82, 2.24) is 0 Å². The molecule has 3 nitrogen and oxygen atoms in total. The molecule has 3 saturated carbocycles. The van der Waals surface area contributed by atoms with Crippen LogP contribution in [0.2, 0.25) is 0 Å². The highest BCUT2D eigenvalue weighted by Gasteiger charge is 2.59. The molecule has 0 spiro atoms. The molecule has 1 N–H and O–H groups in total. The molecule has 3 fully saturated rings. The number of rotatable bonds is 0. The molecule has 0 saturated heterocycles. The maximum Gasteiger partial charge on any atom is 0.155 e. The summed E-state index contributed by atoms with van der Waals surface area (Å²) in [5, 5.41) is 10.8. The zero-order valence-corrected chi connectivity index (χ0v) is 12.7. The van der Waals surface area contributed by atoms with E-state index in [4.69, 9.17) is 0 Å². The molecule has 0 bridgehead atoms. The summed E-state index contributed by atoms with van der Waals surface area (Å²) < 4.78 is 0. The van der Waals surface area contributed by atoms with Gasteiger partial charge >= 0.3 is 0 Å². The molecule has 4 unspecified atom stereocenters. The van der Waals surface area contributed by atoms with E-state index in [-0.39, 0.29) is 23.2 Å². The van der Waals surface area contributed by atoms with Gasteiger partial charge in [0.15, 0.2) is 5.78 Å². The van der Waals surface area contributed by atoms with Crippen LogP contribution in [0, 0.1) is 29.1 Å². The first-order chi connectivity index (χ1) is 10.0. The zero-order valence-electron chi connectivity index (χ0n) is 12.7. The van der Waals surface area contributed by atoms with Gasteiger partial charge in [-0.05, 0) is 61.9 Å². The Balaban J connectivity index is 1.70. The average Bonchev–Trinajstić information content (AvgIpc) is 2.74. The van der Waals surface area contributed by atoms with Gasteiger partial charge in [0.05, 0.1) is 6.10 Å². The molecule has 21 heavy (non-hydrogen) atoms. The smallest absolute Gasteiger partial charge is 0.155 e. The van der Waals surface area contributed by atoms with Crippen molar-refractivity contribution in [3.8, 4) is 0 Å². The fraction of sp³-hybridized carbons (Fsp3) is 0.778. The second-order valence-electron chi connectivity index (χ2n) is 7.87. The second-order valence-corrected chi connectivity index (χ2v) is 7.87. The molecular formula is C18H24O3. The Bertz CT molecular complexity index is 535. The fourth-order valence-electron chi connectivity index (χ4n) is 6.03. The van der Waals surface area contributed by atoms with Crippen LogP contribution in [0.15, 0.2) is 11.6 Å². The van der Waals surface area contributed by atoms with E-state index in [2.05, 4.69) is 6.92 Å². The van der Waals surface area contributed by atoms with Crippen LogP contribution >= 0.6 is 0 Å². The summed E-state index contributed by atoms with van der Waals surface area (Å²) in [5.74, 6) is 2.22. The molecule has 6 atom stereocenters. The van der Waals surface area contributed by atoms with Gasteiger partial charge in [-0.1, -0.05) is 12.5 Å². The number of carbonyl (C=O) groups is 2. The van der Waals surface area contributed by atoms with Gasteiger partial charge in [-0.15, -0.1) is 0 Å². The van der Waals surface area contributed by atoms with E-state index < -0.39 is 0 Å². The van der Waals surface area contributed by atoms with E-state index in [1.54, 1.807) is 0 Å². The van der Waals surface area contributed by atoms with Crippen molar-refractivity contribution in [1.29, 1.82) is 0 Å². The Hall–Kier alpha value is -0.960. The summed E-state index contributed by atoms with van der Waals surface area (Å²) in [7, 11) is 0. The Morgan fingerprint density at radius 1 is 1.14 bits per heavy atom. The molecule has 0 aliphatic heterocycles. The van der Waals surface area contributed by atoms with Gasteiger partial charge in [-0.3, -0.25) is 9.59 Å². The quantitative estimate of drug-likeness (QED) is 0.745. The Labute approximate surface area is 125 Å². The van der Waals surface area contributed by atoms with Crippen LogP contribution in [0.1, 0.15) is 51.9 Å².